The van der Waals surface area contributed by atoms with Crippen LogP contribution >= 0.6 is 56.5 Å². The van der Waals surface area contributed by atoms with Gasteiger partial charge < -0.3 is 4.74 Å². The van der Waals surface area contributed by atoms with E-state index in [-0.39, 0.29) is 5.41 Å². The molecule has 0 bridgehead atoms. The molecule has 0 saturated carbocycles. The first-order chi connectivity index (χ1) is 15.8. The van der Waals surface area contributed by atoms with Gasteiger partial charge in [0, 0.05) is 20.2 Å². The lowest BCUT2D eigenvalue weighted by atomic mass is 9.72. The molecule has 1 aliphatic carbocycles. The van der Waals surface area contributed by atoms with E-state index in [1.54, 1.807) is 11.3 Å². The number of aliphatic imine (C=N–C) groups is 1. The fourth-order valence-corrected chi connectivity index (χ4v) is 7.47. The Bertz CT molecular complexity index is 1220. The summed E-state index contributed by atoms with van der Waals surface area (Å²) in [6.45, 7) is 7.45. The number of fused-ring (bicyclic) bond motifs is 1. The summed E-state index contributed by atoms with van der Waals surface area (Å²) in [6.07, 6.45) is 5.01. The molecule has 33 heavy (non-hydrogen) atoms. The third kappa shape index (κ3) is 5.80. The van der Waals surface area contributed by atoms with Crippen molar-refractivity contribution < 1.29 is 4.74 Å². The van der Waals surface area contributed by atoms with Gasteiger partial charge in [0.25, 0.3) is 0 Å². The lowest BCUT2D eigenvalue weighted by molar-refractivity contribution is 0.218. The van der Waals surface area contributed by atoms with Crippen LogP contribution in [0.1, 0.15) is 54.3 Å². The molecule has 0 radical (unpaired) electrons. The number of thiophene rings is 1. The Morgan fingerprint density at radius 3 is 2.67 bits per heavy atom. The van der Waals surface area contributed by atoms with E-state index in [2.05, 4.69) is 96.3 Å². The van der Waals surface area contributed by atoms with Crippen LogP contribution in [0.4, 0.5) is 5.00 Å². The van der Waals surface area contributed by atoms with Crippen LogP contribution in [0.15, 0.2) is 47.5 Å². The molecule has 4 rings (SSSR count). The van der Waals surface area contributed by atoms with Crippen molar-refractivity contribution in [1.82, 2.24) is 0 Å². The van der Waals surface area contributed by atoms with Crippen LogP contribution in [0.25, 0.3) is 0 Å². The molecule has 3 nitrogen and oxygen atoms in total. The zero-order chi connectivity index (χ0) is 23.6. The van der Waals surface area contributed by atoms with Gasteiger partial charge in [-0.25, -0.2) is 4.99 Å². The van der Waals surface area contributed by atoms with E-state index >= 15 is 0 Å². The largest absolute Gasteiger partial charge is 0.487 e. The van der Waals surface area contributed by atoms with E-state index in [4.69, 9.17) is 9.73 Å². The Morgan fingerprint density at radius 1 is 1.21 bits per heavy atom. The molecule has 0 N–H and O–H groups in total. The molecule has 1 aromatic heterocycles. The van der Waals surface area contributed by atoms with Gasteiger partial charge in [0.2, 0.25) is 0 Å². The van der Waals surface area contributed by atoms with Crippen LogP contribution in [-0.4, -0.2) is 6.21 Å². The molecule has 0 aliphatic heterocycles. The predicted molar refractivity (Wildman–Crippen MR) is 154 cm³/mol. The van der Waals surface area contributed by atoms with Gasteiger partial charge in [0.05, 0.1) is 9.13 Å². The number of hydrogen-bond acceptors (Lipinski definition) is 4. The number of ether oxygens (including phenoxy) is 1. The Hall–Kier alpha value is -1.44. The second-order valence-electron chi connectivity index (χ2n) is 9.44. The first-order valence-electron chi connectivity index (χ1n) is 11.0. The Labute approximate surface area is 227 Å². The smallest absolute Gasteiger partial charge is 0.141 e. The fraction of sp³-hybridized carbons (Fsp3) is 0.333. The van der Waals surface area contributed by atoms with Crippen molar-refractivity contribution in [1.29, 1.82) is 5.26 Å². The van der Waals surface area contributed by atoms with Gasteiger partial charge in [-0.15, -0.1) is 11.3 Å². The number of nitriles is 1. The Kier molecular flexibility index (Phi) is 7.81. The molecule has 0 spiro atoms. The number of rotatable bonds is 5. The van der Waals surface area contributed by atoms with Crippen LogP contribution in [0.3, 0.4) is 0 Å². The van der Waals surface area contributed by atoms with Crippen molar-refractivity contribution in [3.63, 3.8) is 0 Å². The zero-order valence-electron chi connectivity index (χ0n) is 19.0. The number of halogens is 2. The quantitative estimate of drug-likeness (QED) is 0.201. The average molecular weight is 680 g/mol. The predicted octanol–water partition coefficient (Wildman–Crippen LogP) is 8.31. The average Bonchev–Trinajstić information content (AvgIpc) is 3.13. The summed E-state index contributed by atoms with van der Waals surface area (Å²) >= 11 is 6.33. The third-order valence-corrected chi connectivity index (χ3v) is 8.75. The van der Waals surface area contributed by atoms with Crippen molar-refractivity contribution >= 4 is 67.7 Å². The highest BCUT2D eigenvalue weighted by molar-refractivity contribution is 14.1. The number of nitrogens with zero attached hydrogens (tertiary/aromatic N) is 2. The van der Waals surface area contributed by atoms with E-state index in [0.717, 1.165) is 53.8 Å². The van der Waals surface area contributed by atoms with Crippen molar-refractivity contribution in [3.05, 3.63) is 76.7 Å². The fourth-order valence-electron chi connectivity index (χ4n) is 4.20. The lowest BCUT2D eigenvalue weighted by Crippen LogP contribution is -2.26. The summed E-state index contributed by atoms with van der Waals surface area (Å²) in [5.74, 6) is 1.47. The van der Waals surface area contributed by atoms with Gasteiger partial charge in [0.15, 0.2) is 0 Å². The summed E-state index contributed by atoms with van der Waals surface area (Å²) in [7, 11) is 0. The van der Waals surface area contributed by atoms with Crippen molar-refractivity contribution in [3.8, 4) is 11.8 Å². The van der Waals surface area contributed by atoms with Crippen LogP contribution in [0.2, 0.25) is 0 Å². The lowest BCUT2D eigenvalue weighted by Gasteiger charge is -2.33. The minimum Gasteiger partial charge on any atom is -0.487 e. The van der Waals surface area contributed by atoms with Gasteiger partial charge in [-0.2, -0.15) is 5.26 Å². The van der Waals surface area contributed by atoms with Crippen LogP contribution in [0, 0.1) is 29.8 Å². The van der Waals surface area contributed by atoms with Crippen LogP contribution in [-0.2, 0) is 19.4 Å². The standard InChI is InChI=1S/C27H26I2N2OS/c1-27(2,3)19-9-10-21-22(14-30)26(33-24(21)12-19)31-15-18-11-20(28)13-23(29)25(18)32-16-17-7-5-4-6-8-17/h4-8,11,13,15,19H,9-10,12,16H2,1-3H3/t19-/m1/s1. The summed E-state index contributed by atoms with van der Waals surface area (Å²) < 4.78 is 8.40. The molecular formula is C27H26I2N2OS. The summed E-state index contributed by atoms with van der Waals surface area (Å²) in [4.78, 5) is 6.16. The molecule has 0 unspecified atom stereocenters. The van der Waals surface area contributed by atoms with E-state index in [1.165, 1.54) is 10.4 Å². The van der Waals surface area contributed by atoms with Gasteiger partial charge >= 0.3 is 0 Å². The zero-order valence-corrected chi connectivity index (χ0v) is 24.1. The molecule has 0 amide bonds. The highest BCUT2D eigenvalue weighted by atomic mass is 127. The highest BCUT2D eigenvalue weighted by Crippen LogP contribution is 2.45. The molecule has 1 aliphatic rings. The summed E-state index contributed by atoms with van der Waals surface area (Å²) in [5, 5.41) is 10.7. The van der Waals surface area contributed by atoms with E-state index in [0.29, 0.717) is 12.5 Å². The SMILES string of the molecule is CC(C)(C)[C@@H]1CCc2c(sc(N=Cc3cc(I)cc(I)c3OCc3ccccc3)c2C#N)C1. The molecule has 1 heterocycles. The highest BCUT2D eigenvalue weighted by Gasteiger charge is 2.32. The monoisotopic (exact) mass is 680 g/mol. The maximum Gasteiger partial charge on any atom is 0.141 e. The molecule has 0 saturated heterocycles. The first kappa shape index (κ1) is 24.7. The number of hydrogen-bond donors (Lipinski definition) is 0. The van der Waals surface area contributed by atoms with Gasteiger partial charge in [-0.3, -0.25) is 0 Å². The van der Waals surface area contributed by atoms with Crippen LogP contribution < -0.4 is 4.74 Å². The normalized spacial score (nSPS) is 15.9. The second kappa shape index (κ2) is 10.4. The van der Waals surface area contributed by atoms with Gasteiger partial charge in [-0.1, -0.05) is 51.1 Å². The van der Waals surface area contributed by atoms with Crippen molar-refractivity contribution in [2.75, 3.05) is 0 Å². The molecule has 2 aromatic carbocycles. The van der Waals surface area contributed by atoms with Crippen molar-refractivity contribution in [2.24, 2.45) is 16.3 Å². The molecule has 3 aromatic rings. The second-order valence-corrected chi connectivity index (χ2v) is 12.9. The first-order valence-corrected chi connectivity index (χ1v) is 14.0. The molecular weight excluding hydrogens is 654 g/mol. The molecule has 1 atom stereocenters. The summed E-state index contributed by atoms with van der Waals surface area (Å²) in [5.41, 5.74) is 4.31. The molecule has 0 fully saturated rings. The van der Waals surface area contributed by atoms with Gasteiger partial charge in [0.1, 0.15) is 23.4 Å². The minimum atomic E-state index is 0.278. The third-order valence-electron chi connectivity index (χ3n) is 6.17. The molecule has 6 heteroatoms. The number of benzene rings is 2. The van der Waals surface area contributed by atoms with Gasteiger partial charge in [-0.05, 0) is 99.0 Å². The maximum absolute atomic E-state index is 9.90. The van der Waals surface area contributed by atoms with E-state index in [9.17, 15) is 5.26 Å². The maximum atomic E-state index is 9.90. The Morgan fingerprint density at radius 2 is 1.97 bits per heavy atom. The van der Waals surface area contributed by atoms with E-state index in [1.807, 2.05) is 24.4 Å². The topological polar surface area (TPSA) is 45.4 Å². The molecule has 170 valence electrons. The van der Waals surface area contributed by atoms with E-state index < -0.39 is 0 Å². The summed E-state index contributed by atoms with van der Waals surface area (Å²) in [6, 6.07) is 16.8. The van der Waals surface area contributed by atoms with Crippen molar-refractivity contribution in [2.45, 2.75) is 46.6 Å². The van der Waals surface area contributed by atoms with Crippen LogP contribution in [0.5, 0.6) is 5.75 Å². The minimum absolute atomic E-state index is 0.278. The Balaban J connectivity index is 1.63.